The van der Waals surface area contributed by atoms with Gasteiger partial charge in [0.1, 0.15) is 23.2 Å². The fourth-order valence-corrected chi connectivity index (χ4v) is 4.00. The smallest absolute Gasteiger partial charge is 0.134 e. The molecule has 2 N–H and O–H groups in total. The Labute approximate surface area is 195 Å². The SMILES string of the molecule is Cl.c1cc(-c2ccc(-c3ccc(C4=NCCCCN4)cc3)o2)ccc1C1=NCCCCN1. The molecule has 0 amide bonds. The molecule has 0 saturated carbocycles. The lowest BCUT2D eigenvalue weighted by atomic mass is 10.1. The summed E-state index contributed by atoms with van der Waals surface area (Å²) in [6.07, 6.45) is 4.64. The maximum Gasteiger partial charge on any atom is 0.134 e. The van der Waals surface area contributed by atoms with E-state index in [0.717, 1.165) is 84.5 Å². The van der Waals surface area contributed by atoms with Crippen LogP contribution < -0.4 is 10.6 Å². The van der Waals surface area contributed by atoms with E-state index in [1.54, 1.807) is 0 Å². The molecule has 0 atom stereocenters. The number of furan rings is 1. The second-order valence-corrected chi connectivity index (χ2v) is 8.05. The van der Waals surface area contributed by atoms with E-state index in [-0.39, 0.29) is 12.4 Å². The quantitative estimate of drug-likeness (QED) is 0.569. The highest BCUT2D eigenvalue weighted by Crippen LogP contribution is 2.29. The van der Waals surface area contributed by atoms with Crippen LogP contribution >= 0.6 is 12.4 Å². The van der Waals surface area contributed by atoms with E-state index in [1.165, 1.54) is 12.8 Å². The minimum atomic E-state index is 0. The van der Waals surface area contributed by atoms with E-state index in [1.807, 2.05) is 12.1 Å². The predicted molar refractivity (Wildman–Crippen MR) is 134 cm³/mol. The van der Waals surface area contributed by atoms with Gasteiger partial charge in [-0.3, -0.25) is 9.98 Å². The van der Waals surface area contributed by atoms with Gasteiger partial charge in [0.05, 0.1) is 0 Å². The lowest BCUT2D eigenvalue weighted by Crippen LogP contribution is -2.24. The van der Waals surface area contributed by atoms with Crippen molar-refractivity contribution < 1.29 is 4.42 Å². The zero-order chi connectivity index (χ0) is 20.9. The average Bonchev–Trinajstić information content (AvgIpc) is 3.00. The molecule has 3 aromatic rings. The van der Waals surface area contributed by atoms with Crippen LogP contribution in [0.1, 0.15) is 36.8 Å². The highest BCUT2D eigenvalue weighted by Gasteiger charge is 2.11. The van der Waals surface area contributed by atoms with E-state index in [0.29, 0.717) is 0 Å². The molecule has 32 heavy (non-hydrogen) atoms. The monoisotopic (exact) mass is 448 g/mol. The molecule has 0 radical (unpaired) electrons. The highest BCUT2D eigenvalue weighted by molar-refractivity contribution is 5.99. The van der Waals surface area contributed by atoms with E-state index < -0.39 is 0 Å². The third-order valence-electron chi connectivity index (χ3n) is 5.79. The minimum absolute atomic E-state index is 0. The largest absolute Gasteiger partial charge is 0.456 e. The first-order chi connectivity index (χ1) is 15.4. The number of halogens is 1. The molecule has 166 valence electrons. The summed E-state index contributed by atoms with van der Waals surface area (Å²) in [5, 5.41) is 6.86. The first-order valence-electron chi connectivity index (χ1n) is 11.2. The van der Waals surface area contributed by atoms with Gasteiger partial charge in [-0.25, -0.2) is 0 Å². The van der Waals surface area contributed by atoms with E-state index in [9.17, 15) is 0 Å². The van der Waals surface area contributed by atoms with Gasteiger partial charge in [-0.1, -0.05) is 48.5 Å². The fourth-order valence-electron chi connectivity index (χ4n) is 4.00. The molecule has 3 heterocycles. The van der Waals surface area contributed by atoms with Crippen molar-refractivity contribution in [2.24, 2.45) is 9.98 Å². The average molecular weight is 449 g/mol. The van der Waals surface area contributed by atoms with Crippen LogP contribution in [-0.4, -0.2) is 37.9 Å². The summed E-state index contributed by atoms with van der Waals surface area (Å²) < 4.78 is 6.17. The van der Waals surface area contributed by atoms with Gasteiger partial charge in [-0.2, -0.15) is 0 Å². The van der Waals surface area contributed by atoms with Crippen LogP contribution in [0.15, 0.2) is 75.1 Å². The van der Waals surface area contributed by atoms with Gasteiger partial charge in [0, 0.05) is 48.4 Å². The van der Waals surface area contributed by atoms with Crippen molar-refractivity contribution in [2.45, 2.75) is 25.7 Å². The first-order valence-corrected chi connectivity index (χ1v) is 11.2. The van der Waals surface area contributed by atoms with Crippen molar-refractivity contribution in [1.29, 1.82) is 0 Å². The Morgan fingerprint density at radius 1 is 0.531 bits per heavy atom. The molecule has 0 spiro atoms. The van der Waals surface area contributed by atoms with Crippen molar-refractivity contribution in [3.8, 4) is 22.6 Å². The normalized spacial score (nSPS) is 16.4. The summed E-state index contributed by atoms with van der Waals surface area (Å²) in [7, 11) is 0. The summed E-state index contributed by atoms with van der Waals surface area (Å²) in [4.78, 5) is 9.31. The Balaban J connectivity index is 0.00000245. The molecule has 0 aliphatic carbocycles. The third-order valence-corrected chi connectivity index (χ3v) is 5.79. The second kappa shape index (κ2) is 10.5. The molecule has 5 rings (SSSR count). The van der Waals surface area contributed by atoms with Crippen LogP contribution in [0.5, 0.6) is 0 Å². The van der Waals surface area contributed by atoms with Crippen LogP contribution in [-0.2, 0) is 0 Å². The van der Waals surface area contributed by atoms with Gasteiger partial charge in [-0.05, 0) is 37.8 Å². The Hall–Kier alpha value is -3.05. The number of amidine groups is 2. The van der Waals surface area contributed by atoms with Gasteiger partial charge in [-0.15, -0.1) is 12.4 Å². The minimum Gasteiger partial charge on any atom is -0.456 e. The third kappa shape index (κ3) is 5.05. The van der Waals surface area contributed by atoms with Crippen LogP contribution in [0.25, 0.3) is 22.6 Å². The zero-order valence-electron chi connectivity index (χ0n) is 18.1. The van der Waals surface area contributed by atoms with Gasteiger partial charge < -0.3 is 15.1 Å². The van der Waals surface area contributed by atoms with Crippen LogP contribution in [0.4, 0.5) is 0 Å². The molecule has 1 aromatic heterocycles. The van der Waals surface area contributed by atoms with Crippen LogP contribution in [0, 0.1) is 0 Å². The van der Waals surface area contributed by atoms with E-state index >= 15 is 0 Å². The molecule has 2 aliphatic heterocycles. The molecular weight excluding hydrogens is 420 g/mol. The van der Waals surface area contributed by atoms with E-state index in [2.05, 4.69) is 69.1 Å². The van der Waals surface area contributed by atoms with Gasteiger partial charge in [0.25, 0.3) is 0 Å². The van der Waals surface area contributed by atoms with Crippen molar-refractivity contribution >= 4 is 24.1 Å². The maximum atomic E-state index is 6.17. The Morgan fingerprint density at radius 2 is 0.938 bits per heavy atom. The summed E-state index contributed by atoms with van der Waals surface area (Å²) in [6, 6.07) is 20.9. The summed E-state index contributed by atoms with van der Waals surface area (Å²) >= 11 is 0. The van der Waals surface area contributed by atoms with Crippen LogP contribution in [0.2, 0.25) is 0 Å². The van der Waals surface area contributed by atoms with Crippen molar-refractivity contribution in [3.63, 3.8) is 0 Å². The number of nitrogens with one attached hydrogen (secondary N) is 2. The molecule has 5 nitrogen and oxygen atoms in total. The lowest BCUT2D eigenvalue weighted by Gasteiger charge is -2.08. The molecule has 0 fully saturated rings. The fraction of sp³-hybridized carbons (Fsp3) is 0.308. The highest BCUT2D eigenvalue weighted by atomic mass is 35.5. The topological polar surface area (TPSA) is 61.9 Å². The number of hydrogen-bond donors (Lipinski definition) is 2. The summed E-state index contributed by atoms with van der Waals surface area (Å²) in [5.74, 6) is 3.74. The maximum absolute atomic E-state index is 6.17. The van der Waals surface area contributed by atoms with Gasteiger partial charge in [0.15, 0.2) is 0 Å². The molecule has 2 aliphatic rings. The standard InChI is InChI=1S/C26H28N4O.ClH/c1-2-16-28-25(27-15-1)21-9-5-19(6-10-21)23-13-14-24(31-23)20-7-11-22(12-8-20)26-29-17-3-4-18-30-26;/h5-14H,1-4,15-18H2,(H,27,28)(H,29,30);1H. The molecule has 0 bridgehead atoms. The van der Waals surface area contributed by atoms with Crippen molar-refractivity contribution in [2.75, 3.05) is 26.2 Å². The number of hydrogen-bond acceptors (Lipinski definition) is 5. The zero-order valence-corrected chi connectivity index (χ0v) is 19.0. The lowest BCUT2D eigenvalue weighted by molar-refractivity contribution is 0.597. The molecule has 0 unspecified atom stereocenters. The summed E-state index contributed by atoms with van der Waals surface area (Å²) in [6.45, 7) is 3.77. The molecule has 2 aromatic carbocycles. The van der Waals surface area contributed by atoms with Crippen molar-refractivity contribution in [1.82, 2.24) is 10.6 Å². The van der Waals surface area contributed by atoms with Crippen LogP contribution in [0.3, 0.4) is 0 Å². The Kier molecular flexibility index (Phi) is 7.28. The van der Waals surface area contributed by atoms with Gasteiger partial charge in [0.2, 0.25) is 0 Å². The summed E-state index contributed by atoms with van der Waals surface area (Å²) in [5.41, 5.74) is 4.39. The predicted octanol–water partition coefficient (Wildman–Crippen LogP) is 5.30. The molecule has 0 saturated heterocycles. The van der Waals surface area contributed by atoms with Gasteiger partial charge >= 0.3 is 0 Å². The number of nitrogens with zero attached hydrogens (tertiary/aromatic N) is 2. The first kappa shape index (κ1) is 22.2. The van der Waals surface area contributed by atoms with E-state index in [4.69, 9.17) is 4.42 Å². The number of benzene rings is 2. The Morgan fingerprint density at radius 3 is 1.38 bits per heavy atom. The number of rotatable bonds is 4. The second-order valence-electron chi connectivity index (χ2n) is 8.05. The molecule has 6 heteroatoms. The number of aliphatic imine (C=N–C) groups is 2. The van der Waals surface area contributed by atoms with Crippen molar-refractivity contribution in [3.05, 3.63) is 71.8 Å². The Bertz CT molecular complexity index is 998. The molecular formula is C26H29ClN4O.